The highest BCUT2D eigenvalue weighted by Crippen LogP contribution is 2.28. The maximum atomic E-state index is 9.16. The Bertz CT molecular complexity index is 101. The summed E-state index contributed by atoms with van der Waals surface area (Å²) in [7, 11) is 0. The summed E-state index contributed by atoms with van der Waals surface area (Å²) >= 11 is 0. The molecule has 0 bridgehead atoms. The van der Waals surface area contributed by atoms with Crippen molar-refractivity contribution in [1.82, 2.24) is 5.32 Å². The Morgan fingerprint density at radius 3 is 2.70 bits per heavy atom. The van der Waals surface area contributed by atoms with Crippen molar-refractivity contribution in [3.8, 4) is 0 Å². The summed E-state index contributed by atoms with van der Waals surface area (Å²) in [4.78, 5) is 0. The second-order valence-corrected chi connectivity index (χ2v) is 3.29. The summed E-state index contributed by atoms with van der Waals surface area (Å²) in [6, 6.07) is 0.696. The van der Waals surface area contributed by atoms with Gasteiger partial charge in [-0.1, -0.05) is 13.8 Å². The Balaban J connectivity index is 1.95. The first-order chi connectivity index (χ1) is 4.74. The van der Waals surface area contributed by atoms with Crippen LogP contribution in [0.25, 0.3) is 0 Å². The van der Waals surface area contributed by atoms with Gasteiger partial charge in [-0.2, -0.15) is 0 Å². The molecule has 1 rings (SSSR count). The van der Waals surface area contributed by atoms with E-state index in [0.29, 0.717) is 6.04 Å². The van der Waals surface area contributed by atoms with Crippen LogP contribution in [0.5, 0.6) is 0 Å². The standard InChI is InChI=1S/C8H17NO/c1-3-7(10)5-9-8-4-6(8)2/h6-10H,3-5H2,1-2H3/t6?,7-,8?/m0/s1. The van der Waals surface area contributed by atoms with Crippen LogP contribution in [0.15, 0.2) is 0 Å². The van der Waals surface area contributed by atoms with Gasteiger partial charge in [0.25, 0.3) is 0 Å². The van der Waals surface area contributed by atoms with Crippen LogP contribution < -0.4 is 5.32 Å². The molecule has 1 aliphatic rings. The minimum absolute atomic E-state index is 0.146. The largest absolute Gasteiger partial charge is 0.392 e. The van der Waals surface area contributed by atoms with Crippen molar-refractivity contribution < 1.29 is 5.11 Å². The number of hydrogen-bond donors (Lipinski definition) is 2. The first-order valence-corrected chi connectivity index (χ1v) is 4.15. The molecule has 0 amide bonds. The zero-order valence-corrected chi connectivity index (χ0v) is 6.80. The molecule has 0 saturated heterocycles. The van der Waals surface area contributed by atoms with Crippen LogP contribution in [-0.2, 0) is 0 Å². The summed E-state index contributed by atoms with van der Waals surface area (Å²) in [6.07, 6.45) is 2.00. The van der Waals surface area contributed by atoms with E-state index in [9.17, 15) is 0 Å². The molecule has 2 unspecified atom stereocenters. The molecule has 0 aromatic heterocycles. The smallest absolute Gasteiger partial charge is 0.0662 e. The van der Waals surface area contributed by atoms with Crippen LogP contribution in [0.1, 0.15) is 26.7 Å². The molecule has 0 heterocycles. The number of aliphatic hydroxyl groups excluding tert-OH is 1. The fourth-order valence-corrected chi connectivity index (χ4v) is 1.04. The van der Waals surface area contributed by atoms with E-state index in [1.807, 2.05) is 6.92 Å². The van der Waals surface area contributed by atoms with Gasteiger partial charge >= 0.3 is 0 Å². The first kappa shape index (κ1) is 8.02. The van der Waals surface area contributed by atoms with E-state index in [0.717, 1.165) is 18.9 Å². The number of rotatable bonds is 4. The topological polar surface area (TPSA) is 32.3 Å². The monoisotopic (exact) mass is 143 g/mol. The van der Waals surface area contributed by atoms with Gasteiger partial charge in [0.05, 0.1) is 6.10 Å². The van der Waals surface area contributed by atoms with E-state index in [-0.39, 0.29) is 6.10 Å². The fourth-order valence-electron chi connectivity index (χ4n) is 1.04. The minimum atomic E-state index is -0.146. The van der Waals surface area contributed by atoms with Crippen LogP contribution in [0.2, 0.25) is 0 Å². The maximum absolute atomic E-state index is 9.16. The van der Waals surface area contributed by atoms with Crippen molar-refractivity contribution in [3.05, 3.63) is 0 Å². The Morgan fingerprint density at radius 1 is 1.70 bits per heavy atom. The molecular weight excluding hydrogens is 126 g/mol. The van der Waals surface area contributed by atoms with E-state index in [4.69, 9.17) is 5.11 Å². The zero-order valence-electron chi connectivity index (χ0n) is 6.80. The van der Waals surface area contributed by atoms with Crippen molar-refractivity contribution in [3.63, 3.8) is 0 Å². The molecule has 0 aromatic rings. The first-order valence-electron chi connectivity index (χ1n) is 4.15. The molecule has 0 aromatic carbocycles. The SMILES string of the molecule is CC[C@H](O)CNC1CC1C. The number of aliphatic hydroxyl groups is 1. The summed E-state index contributed by atoms with van der Waals surface area (Å²) in [6.45, 7) is 5.00. The van der Waals surface area contributed by atoms with E-state index < -0.39 is 0 Å². The molecule has 0 aliphatic heterocycles. The normalized spacial score (nSPS) is 33.9. The molecule has 2 heteroatoms. The molecule has 0 spiro atoms. The van der Waals surface area contributed by atoms with Gasteiger partial charge in [-0.25, -0.2) is 0 Å². The van der Waals surface area contributed by atoms with E-state index in [2.05, 4.69) is 12.2 Å². The number of hydrogen-bond acceptors (Lipinski definition) is 2. The van der Waals surface area contributed by atoms with Gasteiger partial charge in [0, 0.05) is 12.6 Å². The predicted octanol–water partition coefficient (Wildman–Crippen LogP) is 0.755. The van der Waals surface area contributed by atoms with Crippen molar-refractivity contribution in [2.45, 2.75) is 38.8 Å². The Morgan fingerprint density at radius 2 is 2.30 bits per heavy atom. The van der Waals surface area contributed by atoms with Gasteiger partial charge in [0.1, 0.15) is 0 Å². The van der Waals surface area contributed by atoms with Crippen LogP contribution in [0.3, 0.4) is 0 Å². The average Bonchev–Trinajstić information content (AvgIpc) is 2.61. The zero-order chi connectivity index (χ0) is 7.56. The molecule has 1 aliphatic carbocycles. The summed E-state index contributed by atoms with van der Waals surface area (Å²) in [5.74, 6) is 0.837. The van der Waals surface area contributed by atoms with Crippen molar-refractivity contribution in [2.75, 3.05) is 6.54 Å². The van der Waals surface area contributed by atoms with Crippen LogP contribution >= 0.6 is 0 Å². The second kappa shape index (κ2) is 3.35. The third-order valence-corrected chi connectivity index (χ3v) is 2.20. The van der Waals surface area contributed by atoms with Crippen LogP contribution in [0, 0.1) is 5.92 Å². The third kappa shape index (κ3) is 2.27. The van der Waals surface area contributed by atoms with E-state index in [1.54, 1.807) is 0 Å². The molecule has 2 nitrogen and oxygen atoms in total. The highest BCUT2D eigenvalue weighted by molar-refractivity contribution is 4.89. The molecule has 1 fully saturated rings. The predicted molar refractivity (Wildman–Crippen MR) is 41.9 cm³/mol. The van der Waals surface area contributed by atoms with Crippen LogP contribution in [0.4, 0.5) is 0 Å². The molecule has 10 heavy (non-hydrogen) atoms. The summed E-state index contributed by atoms with van der Waals surface area (Å²) in [5.41, 5.74) is 0. The van der Waals surface area contributed by atoms with Gasteiger partial charge in [-0.05, 0) is 18.8 Å². The molecule has 3 atom stereocenters. The molecule has 60 valence electrons. The molecular formula is C8H17NO. The lowest BCUT2D eigenvalue weighted by Crippen LogP contribution is -2.28. The van der Waals surface area contributed by atoms with E-state index in [1.165, 1.54) is 6.42 Å². The Kier molecular flexibility index (Phi) is 2.69. The molecule has 1 saturated carbocycles. The van der Waals surface area contributed by atoms with Crippen molar-refractivity contribution in [1.29, 1.82) is 0 Å². The lowest BCUT2D eigenvalue weighted by atomic mass is 10.3. The number of nitrogens with one attached hydrogen (secondary N) is 1. The van der Waals surface area contributed by atoms with Crippen molar-refractivity contribution >= 4 is 0 Å². The van der Waals surface area contributed by atoms with Gasteiger partial charge < -0.3 is 10.4 Å². The van der Waals surface area contributed by atoms with Crippen molar-refractivity contribution in [2.24, 2.45) is 5.92 Å². The lowest BCUT2D eigenvalue weighted by Gasteiger charge is -2.07. The molecule has 0 radical (unpaired) electrons. The molecule has 2 N–H and O–H groups in total. The Hall–Kier alpha value is -0.0800. The van der Waals surface area contributed by atoms with Gasteiger partial charge in [0.2, 0.25) is 0 Å². The quantitative estimate of drug-likeness (QED) is 0.609. The highest BCUT2D eigenvalue weighted by atomic mass is 16.3. The third-order valence-electron chi connectivity index (χ3n) is 2.20. The highest BCUT2D eigenvalue weighted by Gasteiger charge is 2.31. The van der Waals surface area contributed by atoms with Gasteiger partial charge in [0.15, 0.2) is 0 Å². The maximum Gasteiger partial charge on any atom is 0.0662 e. The van der Waals surface area contributed by atoms with E-state index >= 15 is 0 Å². The Labute approximate surface area is 62.6 Å². The lowest BCUT2D eigenvalue weighted by molar-refractivity contribution is 0.166. The fraction of sp³-hybridized carbons (Fsp3) is 1.00. The second-order valence-electron chi connectivity index (χ2n) is 3.29. The van der Waals surface area contributed by atoms with Crippen LogP contribution in [-0.4, -0.2) is 23.8 Å². The van der Waals surface area contributed by atoms with Gasteiger partial charge in [-0.3, -0.25) is 0 Å². The van der Waals surface area contributed by atoms with Gasteiger partial charge in [-0.15, -0.1) is 0 Å². The summed E-state index contributed by atoms with van der Waals surface area (Å²) < 4.78 is 0. The summed E-state index contributed by atoms with van der Waals surface area (Å²) in [5, 5.41) is 12.5. The average molecular weight is 143 g/mol. The minimum Gasteiger partial charge on any atom is -0.392 e.